The van der Waals surface area contributed by atoms with Crippen LogP contribution in [0.2, 0.25) is 0 Å². The maximum atomic E-state index is 4.99. The summed E-state index contributed by atoms with van der Waals surface area (Å²) >= 11 is 0. The molecule has 2 aliphatic rings. The number of fused-ring (bicyclic) bond motifs is 1. The Morgan fingerprint density at radius 3 is 2.56 bits per heavy atom. The lowest BCUT2D eigenvalue weighted by atomic mass is 9.83. The molecule has 2 N–H and O–H groups in total. The number of rotatable bonds is 8. The average molecular weight is 461 g/mol. The molecule has 0 atom stereocenters. The summed E-state index contributed by atoms with van der Waals surface area (Å²) in [6.07, 6.45) is 12.0. The molecule has 0 radical (unpaired) electrons. The molecule has 0 spiro atoms. The molecular weight excluding hydrogens is 420 g/mol. The number of aromatic nitrogens is 3. The van der Waals surface area contributed by atoms with Crippen molar-refractivity contribution in [3.63, 3.8) is 0 Å². The van der Waals surface area contributed by atoms with Gasteiger partial charge in [-0.05, 0) is 48.8 Å². The predicted molar refractivity (Wildman–Crippen MR) is 143 cm³/mol. The number of unbranched alkanes of at least 4 members (excludes halogenated alkanes) is 1. The van der Waals surface area contributed by atoms with Crippen LogP contribution >= 0.6 is 0 Å². The minimum absolute atomic E-state index is 0.737. The summed E-state index contributed by atoms with van der Waals surface area (Å²) in [5, 5.41) is 8.01. The highest BCUT2D eigenvalue weighted by molar-refractivity contribution is 5.94. The van der Waals surface area contributed by atoms with E-state index in [1.807, 2.05) is 6.20 Å². The van der Waals surface area contributed by atoms with Gasteiger partial charge in [-0.15, -0.1) is 0 Å². The normalized spacial score (nSPS) is 21.2. The monoisotopic (exact) mass is 460 g/mol. The van der Waals surface area contributed by atoms with Gasteiger partial charge in [0, 0.05) is 68.3 Å². The number of nitrogens with zero attached hydrogens (tertiary/aromatic N) is 4. The highest BCUT2D eigenvalue weighted by Gasteiger charge is 2.21. The molecule has 1 aliphatic heterocycles. The third-order valence-electron chi connectivity index (χ3n) is 7.68. The van der Waals surface area contributed by atoms with Crippen LogP contribution in [0.15, 0.2) is 36.7 Å². The van der Waals surface area contributed by atoms with Gasteiger partial charge in [-0.2, -0.15) is 4.98 Å². The molecule has 1 aromatic carbocycles. The van der Waals surface area contributed by atoms with Crippen LogP contribution in [0, 0.1) is 11.8 Å². The number of anilines is 2. The second-order valence-corrected chi connectivity index (χ2v) is 10.3. The highest BCUT2D eigenvalue weighted by Crippen LogP contribution is 2.34. The van der Waals surface area contributed by atoms with E-state index in [9.17, 15) is 0 Å². The van der Waals surface area contributed by atoms with E-state index in [1.165, 1.54) is 48.9 Å². The Morgan fingerprint density at radius 1 is 1.06 bits per heavy atom. The smallest absolute Gasteiger partial charge is 0.224 e. The second kappa shape index (κ2) is 10.8. The van der Waals surface area contributed by atoms with Gasteiger partial charge in [0.1, 0.15) is 5.65 Å². The fourth-order valence-corrected chi connectivity index (χ4v) is 5.46. The molecule has 182 valence electrons. The van der Waals surface area contributed by atoms with Gasteiger partial charge in [-0.25, -0.2) is 4.98 Å². The molecule has 1 aliphatic carbocycles. The summed E-state index contributed by atoms with van der Waals surface area (Å²) in [6.45, 7) is 10.8. The Hall–Kier alpha value is -2.60. The Balaban J connectivity index is 1.44. The summed E-state index contributed by atoms with van der Waals surface area (Å²) in [5.74, 6) is 2.36. The van der Waals surface area contributed by atoms with Gasteiger partial charge in [0.05, 0.1) is 0 Å². The lowest BCUT2D eigenvalue weighted by Crippen LogP contribution is -2.43. The molecule has 3 aromatic rings. The molecule has 0 amide bonds. The SMILES string of the molecule is CCCCNc1ncc2c(-c3ccc(N4CCNCC4)cc3)cn(C[C@H]3CC[C@H](C)CC3)c2n1. The fraction of sp³-hybridized carbons (Fsp3) is 0.571. The number of piperazine rings is 1. The van der Waals surface area contributed by atoms with Crippen molar-refractivity contribution in [2.75, 3.05) is 42.9 Å². The lowest BCUT2D eigenvalue weighted by Gasteiger charge is -2.29. The first kappa shape index (κ1) is 23.2. The molecule has 6 nitrogen and oxygen atoms in total. The van der Waals surface area contributed by atoms with Gasteiger partial charge in [0.15, 0.2) is 0 Å². The molecule has 1 saturated heterocycles. The van der Waals surface area contributed by atoms with Crippen molar-refractivity contribution in [3.8, 4) is 11.1 Å². The van der Waals surface area contributed by atoms with Gasteiger partial charge in [0.2, 0.25) is 5.95 Å². The van der Waals surface area contributed by atoms with Crippen molar-refractivity contribution < 1.29 is 0 Å². The predicted octanol–water partition coefficient (Wildman–Crippen LogP) is 5.55. The van der Waals surface area contributed by atoms with Gasteiger partial charge >= 0.3 is 0 Å². The summed E-state index contributed by atoms with van der Waals surface area (Å²) in [4.78, 5) is 12.1. The standard InChI is InChI=1S/C28H40N6/c1-3-4-13-30-28-31-18-25-26(23-9-11-24(12-10-23)33-16-14-29-15-17-33)20-34(27(25)32-28)19-22-7-5-21(2)6-8-22/h9-12,18,20-22,29H,3-8,13-17,19H2,1-2H3,(H,30,31,32)/t21-,22-. The molecule has 2 fully saturated rings. The number of hydrogen-bond donors (Lipinski definition) is 2. The Labute approximate surface area is 204 Å². The molecule has 0 bridgehead atoms. The largest absolute Gasteiger partial charge is 0.369 e. The molecule has 2 aromatic heterocycles. The van der Waals surface area contributed by atoms with E-state index in [4.69, 9.17) is 4.98 Å². The van der Waals surface area contributed by atoms with Crippen molar-refractivity contribution in [2.24, 2.45) is 11.8 Å². The zero-order valence-corrected chi connectivity index (χ0v) is 20.9. The fourth-order valence-electron chi connectivity index (χ4n) is 5.46. The van der Waals surface area contributed by atoms with Gasteiger partial charge in [-0.1, -0.05) is 45.2 Å². The first-order chi connectivity index (χ1) is 16.7. The zero-order chi connectivity index (χ0) is 23.3. The van der Waals surface area contributed by atoms with Crippen LogP contribution in [0.3, 0.4) is 0 Å². The topological polar surface area (TPSA) is 58.0 Å². The van der Waals surface area contributed by atoms with Crippen LogP contribution in [0.25, 0.3) is 22.2 Å². The molecule has 5 rings (SSSR count). The van der Waals surface area contributed by atoms with Crippen molar-refractivity contribution >= 4 is 22.7 Å². The highest BCUT2D eigenvalue weighted by atomic mass is 15.2. The number of nitrogens with one attached hydrogen (secondary N) is 2. The second-order valence-electron chi connectivity index (χ2n) is 10.3. The maximum Gasteiger partial charge on any atom is 0.224 e. The van der Waals surface area contributed by atoms with E-state index in [0.29, 0.717) is 0 Å². The van der Waals surface area contributed by atoms with Gasteiger partial charge < -0.3 is 20.1 Å². The zero-order valence-electron chi connectivity index (χ0n) is 20.9. The van der Waals surface area contributed by atoms with Crippen LogP contribution in [0.4, 0.5) is 11.6 Å². The van der Waals surface area contributed by atoms with Crippen LogP contribution in [0.5, 0.6) is 0 Å². The molecule has 6 heteroatoms. The van der Waals surface area contributed by atoms with Gasteiger partial charge in [0.25, 0.3) is 0 Å². The van der Waals surface area contributed by atoms with E-state index < -0.39 is 0 Å². The van der Waals surface area contributed by atoms with Crippen LogP contribution in [0.1, 0.15) is 52.4 Å². The Bertz CT molecular complexity index is 1060. The number of hydrogen-bond acceptors (Lipinski definition) is 5. The third kappa shape index (κ3) is 5.22. The quantitative estimate of drug-likeness (QED) is 0.432. The summed E-state index contributed by atoms with van der Waals surface area (Å²) in [5.41, 5.74) is 4.86. The van der Waals surface area contributed by atoms with Crippen LogP contribution in [-0.4, -0.2) is 47.3 Å². The molecule has 0 unspecified atom stereocenters. The minimum atomic E-state index is 0.737. The van der Waals surface area contributed by atoms with E-state index in [0.717, 1.165) is 74.5 Å². The first-order valence-electron chi connectivity index (χ1n) is 13.4. The molecular formula is C28H40N6. The van der Waals surface area contributed by atoms with Crippen LogP contribution < -0.4 is 15.5 Å². The third-order valence-corrected chi connectivity index (χ3v) is 7.68. The maximum absolute atomic E-state index is 4.99. The molecule has 34 heavy (non-hydrogen) atoms. The van der Waals surface area contributed by atoms with E-state index in [1.54, 1.807) is 0 Å². The van der Waals surface area contributed by atoms with E-state index in [2.05, 4.69) is 69.4 Å². The summed E-state index contributed by atoms with van der Waals surface area (Å²) in [6, 6.07) is 9.08. The van der Waals surface area contributed by atoms with E-state index in [-0.39, 0.29) is 0 Å². The van der Waals surface area contributed by atoms with Crippen molar-refractivity contribution in [1.82, 2.24) is 19.9 Å². The summed E-state index contributed by atoms with van der Waals surface area (Å²) in [7, 11) is 0. The lowest BCUT2D eigenvalue weighted by molar-refractivity contribution is 0.266. The summed E-state index contributed by atoms with van der Waals surface area (Å²) < 4.78 is 2.40. The molecule has 3 heterocycles. The van der Waals surface area contributed by atoms with Crippen molar-refractivity contribution in [3.05, 3.63) is 36.7 Å². The van der Waals surface area contributed by atoms with Crippen LogP contribution in [-0.2, 0) is 6.54 Å². The Kier molecular flexibility index (Phi) is 7.33. The first-order valence-corrected chi connectivity index (χ1v) is 13.4. The molecule has 1 saturated carbocycles. The van der Waals surface area contributed by atoms with Gasteiger partial charge in [-0.3, -0.25) is 0 Å². The van der Waals surface area contributed by atoms with Crippen molar-refractivity contribution in [1.29, 1.82) is 0 Å². The average Bonchev–Trinajstić information content (AvgIpc) is 3.24. The number of benzene rings is 1. The Morgan fingerprint density at radius 2 is 1.82 bits per heavy atom. The van der Waals surface area contributed by atoms with E-state index >= 15 is 0 Å². The van der Waals surface area contributed by atoms with Crippen molar-refractivity contribution in [2.45, 2.75) is 58.9 Å². The minimum Gasteiger partial charge on any atom is -0.369 e.